The zero-order chi connectivity index (χ0) is 21.4. The molecule has 4 rings (SSSR count). The van der Waals surface area contributed by atoms with Gasteiger partial charge in [-0.15, -0.1) is 0 Å². The number of fused-ring (bicyclic) bond motifs is 2. The molecule has 0 fully saturated rings. The largest absolute Gasteiger partial charge is 0.493 e. The van der Waals surface area contributed by atoms with E-state index in [0.29, 0.717) is 22.5 Å². The van der Waals surface area contributed by atoms with Crippen molar-refractivity contribution >= 4 is 60.7 Å². The second kappa shape index (κ2) is 8.13. The average Bonchev–Trinajstić information content (AvgIpc) is 3.20. The average molecular weight is 441 g/mol. The lowest BCUT2D eigenvalue weighted by molar-refractivity contribution is -0.111. The lowest BCUT2D eigenvalue weighted by Crippen LogP contribution is -2.08. The minimum absolute atomic E-state index is 0.250. The summed E-state index contributed by atoms with van der Waals surface area (Å²) in [5, 5.41) is 5.03. The number of hydrogen-bond donors (Lipinski definition) is 1. The van der Waals surface area contributed by atoms with Crippen LogP contribution in [0.5, 0.6) is 5.75 Å². The molecule has 0 atom stereocenters. The number of ether oxygens (including phenoxy) is 1. The summed E-state index contributed by atoms with van der Waals surface area (Å²) < 4.78 is 12.6. The van der Waals surface area contributed by atoms with E-state index in [-0.39, 0.29) is 5.91 Å². The van der Waals surface area contributed by atoms with Crippen LogP contribution in [0, 0.1) is 13.8 Å². The first-order chi connectivity index (χ1) is 14.4. The number of aryl methyl sites for hydroxylation is 2. The molecular formula is C23H21ClN2O3S. The summed E-state index contributed by atoms with van der Waals surface area (Å²) in [6, 6.07) is 9.36. The molecule has 0 saturated carbocycles. The van der Waals surface area contributed by atoms with Crippen LogP contribution >= 0.6 is 22.9 Å². The van der Waals surface area contributed by atoms with Crippen molar-refractivity contribution in [2.24, 2.45) is 0 Å². The van der Waals surface area contributed by atoms with Gasteiger partial charge in [0.15, 0.2) is 5.13 Å². The summed E-state index contributed by atoms with van der Waals surface area (Å²) >= 11 is 7.42. The molecule has 0 aliphatic heterocycles. The van der Waals surface area contributed by atoms with E-state index >= 15 is 0 Å². The van der Waals surface area contributed by atoms with Crippen LogP contribution in [0.1, 0.15) is 30.7 Å². The van der Waals surface area contributed by atoms with Crippen LogP contribution in [0.2, 0.25) is 5.02 Å². The summed E-state index contributed by atoms with van der Waals surface area (Å²) in [4.78, 5) is 17.1. The molecule has 154 valence electrons. The molecule has 0 radical (unpaired) electrons. The fraction of sp³-hybridized carbons (Fsp3) is 0.217. The van der Waals surface area contributed by atoms with Crippen molar-refractivity contribution in [3.05, 3.63) is 58.3 Å². The normalized spacial score (nSPS) is 12.0. The number of furan rings is 1. The molecule has 0 saturated heterocycles. The van der Waals surface area contributed by atoms with Gasteiger partial charge in [0.05, 0.1) is 16.8 Å². The van der Waals surface area contributed by atoms with E-state index in [4.69, 9.17) is 20.8 Å². The maximum absolute atomic E-state index is 12.6. The smallest absolute Gasteiger partial charge is 0.250 e. The third kappa shape index (κ3) is 3.93. The Morgan fingerprint density at radius 1 is 1.30 bits per heavy atom. The second-order valence-corrected chi connectivity index (χ2v) is 8.48. The summed E-state index contributed by atoms with van der Waals surface area (Å²) in [6.45, 7) is 8.31. The van der Waals surface area contributed by atoms with E-state index in [0.717, 1.165) is 43.6 Å². The van der Waals surface area contributed by atoms with Gasteiger partial charge in [-0.1, -0.05) is 22.9 Å². The number of anilines is 1. The zero-order valence-electron chi connectivity index (χ0n) is 17.1. The van der Waals surface area contributed by atoms with Crippen LogP contribution in [0.15, 0.2) is 40.8 Å². The molecule has 2 aromatic carbocycles. The molecule has 7 heteroatoms. The molecule has 5 nitrogen and oxygen atoms in total. The number of allylic oxidation sites excluding steroid dienone is 1. The van der Waals surface area contributed by atoms with Crippen LogP contribution in [0.25, 0.3) is 26.8 Å². The number of halogens is 1. The number of benzene rings is 2. The molecule has 2 heterocycles. The minimum atomic E-state index is -0.250. The van der Waals surface area contributed by atoms with Crippen molar-refractivity contribution in [3.63, 3.8) is 0 Å². The number of amides is 1. The molecule has 0 aliphatic carbocycles. The number of nitrogens with zero attached hydrogens (tertiary/aromatic N) is 1. The van der Waals surface area contributed by atoms with Gasteiger partial charge in [0, 0.05) is 28.1 Å². The van der Waals surface area contributed by atoms with E-state index in [2.05, 4.69) is 10.3 Å². The van der Waals surface area contributed by atoms with E-state index in [1.165, 1.54) is 11.3 Å². The topological polar surface area (TPSA) is 64.4 Å². The predicted molar refractivity (Wildman–Crippen MR) is 124 cm³/mol. The van der Waals surface area contributed by atoms with Gasteiger partial charge >= 0.3 is 0 Å². The van der Waals surface area contributed by atoms with Crippen molar-refractivity contribution < 1.29 is 13.9 Å². The summed E-state index contributed by atoms with van der Waals surface area (Å²) in [6.07, 6.45) is 1.56. The van der Waals surface area contributed by atoms with E-state index < -0.39 is 0 Å². The molecule has 0 spiro atoms. The second-order valence-electron chi connectivity index (χ2n) is 7.01. The van der Waals surface area contributed by atoms with Gasteiger partial charge in [0.1, 0.15) is 17.1 Å². The number of nitrogens with one attached hydrogen (secondary N) is 1. The van der Waals surface area contributed by atoms with Gasteiger partial charge in [0.25, 0.3) is 0 Å². The molecule has 30 heavy (non-hydrogen) atoms. The Labute approximate surface area is 183 Å². The molecule has 1 amide bonds. The van der Waals surface area contributed by atoms with Crippen LogP contribution in [-0.4, -0.2) is 17.5 Å². The SMILES string of the molecule is CCOc1cc2oc(C)c(C)c2cc1/C(C)=C/C(=O)Nc1nc2ccc(Cl)cc2s1. The Morgan fingerprint density at radius 3 is 2.87 bits per heavy atom. The number of carbonyl (C=O) groups excluding carboxylic acids is 1. The number of rotatable bonds is 5. The number of aromatic nitrogens is 1. The van der Waals surface area contributed by atoms with Gasteiger partial charge in [0.2, 0.25) is 5.91 Å². The Morgan fingerprint density at radius 2 is 2.10 bits per heavy atom. The third-order valence-corrected chi connectivity index (χ3v) is 6.10. The highest BCUT2D eigenvalue weighted by molar-refractivity contribution is 7.22. The van der Waals surface area contributed by atoms with E-state index in [1.54, 1.807) is 12.1 Å². The van der Waals surface area contributed by atoms with Gasteiger partial charge in [-0.25, -0.2) is 4.98 Å². The minimum Gasteiger partial charge on any atom is -0.493 e. The molecule has 0 unspecified atom stereocenters. The standard InChI is InChI=1S/C23H21ClN2O3S/c1-5-28-19-11-20-17(13(3)14(4)29-20)10-16(19)12(2)8-22(27)26-23-25-18-7-6-15(24)9-21(18)30-23/h6-11H,5H2,1-4H3,(H,25,26,27)/b12-8+. The third-order valence-electron chi connectivity index (χ3n) is 4.93. The molecule has 0 aliphatic rings. The summed E-state index contributed by atoms with van der Waals surface area (Å²) in [5.74, 6) is 1.31. The van der Waals surface area contributed by atoms with Crippen molar-refractivity contribution in [3.8, 4) is 5.75 Å². The lowest BCUT2D eigenvalue weighted by Gasteiger charge is -2.11. The van der Waals surface area contributed by atoms with Crippen LogP contribution in [0.4, 0.5) is 5.13 Å². The lowest BCUT2D eigenvalue weighted by atomic mass is 10.0. The quantitative estimate of drug-likeness (QED) is 0.348. The fourth-order valence-corrected chi connectivity index (χ4v) is 4.47. The molecule has 4 aromatic rings. The van der Waals surface area contributed by atoms with Crippen molar-refractivity contribution in [1.29, 1.82) is 0 Å². The van der Waals surface area contributed by atoms with Crippen LogP contribution in [-0.2, 0) is 4.79 Å². The van der Waals surface area contributed by atoms with Gasteiger partial charge in [-0.2, -0.15) is 0 Å². The highest BCUT2D eigenvalue weighted by Gasteiger charge is 2.15. The predicted octanol–water partition coefficient (Wildman–Crippen LogP) is 6.75. The Bertz CT molecular complexity index is 1300. The van der Waals surface area contributed by atoms with Crippen molar-refractivity contribution in [2.75, 3.05) is 11.9 Å². The van der Waals surface area contributed by atoms with Gasteiger partial charge in [-0.05, 0) is 63.1 Å². The van der Waals surface area contributed by atoms with Gasteiger partial charge in [-0.3, -0.25) is 10.1 Å². The van der Waals surface area contributed by atoms with E-state index in [1.807, 2.05) is 52.0 Å². The first-order valence-corrected chi connectivity index (χ1v) is 10.8. The Kier molecular flexibility index (Phi) is 5.54. The maximum Gasteiger partial charge on any atom is 0.250 e. The number of hydrogen-bond acceptors (Lipinski definition) is 5. The number of carbonyl (C=O) groups is 1. The molecule has 2 aromatic heterocycles. The monoisotopic (exact) mass is 440 g/mol. The van der Waals surface area contributed by atoms with Crippen LogP contribution < -0.4 is 10.1 Å². The summed E-state index contributed by atoms with van der Waals surface area (Å²) in [7, 11) is 0. The zero-order valence-corrected chi connectivity index (χ0v) is 18.7. The highest BCUT2D eigenvalue weighted by atomic mass is 35.5. The fourth-order valence-electron chi connectivity index (χ4n) is 3.32. The van der Waals surface area contributed by atoms with Crippen molar-refractivity contribution in [1.82, 2.24) is 4.98 Å². The Balaban J connectivity index is 1.65. The van der Waals surface area contributed by atoms with E-state index in [9.17, 15) is 4.79 Å². The number of thiazole rings is 1. The molecular weight excluding hydrogens is 420 g/mol. The van der Waals surface area contributed by atoms with Gasteiger partial charge < -0.3 is 9.15 Å². The maximum atomic E-state index is 12.6. The molecule has 1 N–H and O–H groups in total. The van der Waals surface area contributed by atoms with Crippen LogP contribution in [0.3, 0.4) is 0 Å². The highest BCUT2D eigenvalue weighted by Crippen LogP contribution is 2.35. The van der Waals surface area contributed by atoms with Crippen molar-refractivity contribution in [2.45, 2.75) is 27.7 Å². The Hall–Kier alpha value is -2.83. The first kappa shape index (κ1) is 20.4. The first-order valence-electron chi connectivity index (χ1n) is 9.58. The summed E-state index contributed by atoms with van der Waals surface area (Å²) in [5.41, 5.74) is 4.32. The molecule has 0 bridgehead atoms.